The molecule has 0 heterocycles. The highest BCUT2D eigenvalue weighted by molar-refractivity contribution is 6.17. The lowest BCUT2D eigenvalue weighted by Gasteiger charge is -2.22. The lowest BCUT2D eigenvalue weighted by molar-refractivity contribution is -0.139. The van der Waals surface area contributed by atoms with Crippen molar-refractivity contribution in [1.82, 2.24) is 5.32 Å². The Morgan fingerprint density at radius 2 is 1.76 bits per heavy atom. The number of carbonyl (C=O) groups is 2. The third-order valence-corrected chi connectivity index (χ3v) is 2.91. The first kappa shape index (κ1) is 17.3. The number of alkyl carbamates (subject to hydrolysis) is 1. The Bertz CT molecular complexity index is 493. The summed E-state index contributed by atoms with van der Waals surface area (Å²) in [5.74, 6) is -0.707. The van der Waals surface area contributed by atoms with Crippen molar-refractivity contribution in [2.24, 2.45) is 0 Å². The first-order valence-corrected chi connectivity index (χ1v) is 7.11. The molecule has 0 aromatic heterocycles. The SMILES string of the molecule is CC(C)(C)OC(=O)N[C@@H](Cc1ccc(CCl)cc1)C(=O)O. The number of hydrogen-bond acceptors (Lipinski definition) is 3. The van der Waals surface area contributed by atoms with Crippen LogP contribution in [0, 0.1) is 0 Å². The Labute approximate surface area is 129 Å². The molecule has 5 nitrogen and oxygen atoms in total. The van der Waals surface area contributed by atoms with Crippen LogP contribution in [-0.2, 0) is 21.8 Å². The van der Waals surface area contributed by atoms with Gasteiger partial charge in [0.25, 0.3) is 0 Å². The first-order chi connectivity index (χ1) is 9.71. The van der Waals surface area contributed by atoms with Crippen molar-refractivity contribution in [3.63, 3.8) is 0 Å². The fourth-order valence-corrected chi connectivity index (χ4v) is 1.83. The van der Waals surface area contributed by atoms with Gasteiger partial charge >= 0.3 is 12.1 Å². The molecule has 6 heteroatoms. The minimum absolute atomic E-state index is 0.178. The molecule has 0 unspecified atom stereocenters. The van der Waals surface area contributed by atoms with Crippen LogP contribution >= 0.6 is 11.6 Å². The number of rotatable bonds is 5. The number of benzene rings is 1. The molecule has 0 fully saturated rings. The van der Waals surface area contributed by atoms with E-state index in [9.17, 15) is 14.7 Å². The summed E-state index contributed by atoms with van der Waals surface area (Å²) in [5.41, 5.74) is 1.08. The van der Waals surface area contributed by atoms with Gasteiger partial charge in [-0.3, -0.25) is 0 Å². The van der Waals surface area contributed by atoms with Crippen molar-refractivity contribution in [1.29, 1.82) is 0 Å². The summed E-state index contributed by atoms with van der Waals surface area (Å²) in [6.07, 6.45) is -0.566. The number of carboxylic acid groups (broad SMARTS) is 1. The van der Waals surface area contributed by atoms with Gasteiger partial charge in [0.15, 0.2) is 0 Å². The molecule has 0 aliphatic rings. The summed E-state index contributed by atoms with van der Waals surface area (Å²) in [4.78, 5) is 22.9. The monoisotopic (exact) mass is 313 g/mol. The quantitative estimate of drug-likeness (QED) is 0.819. The maximum Gasteiger partial charge on any atom is 0.408 e. The van der Waals surface area contributed by atoms with Gasteiger partial charge in [0.2, 0.25) is 0 Å². The predicted molar refractivity (Wildman–Crippen MR) is 80.5 cm³/mol. The zero-order chi connectivity index (χ0) is 16.0. The largest absolute Gasteiger partial charge is 0.480 e. The molecule has 2 N–H and O–H groups in total. The second-order valence-electron chi connectivity index (χ2n) is 5.69. The van der Waals surface area contributed by atoms with Gasteiger partial charge in [0.05, 0.1) is 0 Å². The standard InChI is InChI=1S/C15H20ClNO4/c1-15(2,3)21-14(20)17-12(13(18)19)8-10-4-6-11(9-16)7-5-10/h4-7,12H,8-9H2,1-3H3,(H,17,20)(H,18,19)/t12-/m0/s1. The fourth-order valence-electron chi connectivity index (χ4n) is 1.65. The maximum atomic E-state index is 11.7. The zero-order valence-electron chi connectivity index (χ0n) is 12.4. The lowest BCUT2D eigenvalue weighted by atomic mass is 10.0. The van der Waals surface area contributed by atoms with E-state index in [0.717, 1.165) is 11.1 Å². The molecule has 0 aliphatic carbocycles. The highest BCUT2D eigenvalue weighted by Crippen LogP contribution is 2.11. The molecule has 1 aromatic rings. The van der Waals surface area contributed by atoms with E-state index in [0.29, 0.717) is 5.88 Å². The molecule has 21 heavy (non-hydrogen) atoms. The molecular formula is C15H20ClNO4. The van der Waals surface area contributed by atoms with Crippen molar-refractivity contribution in [2.45, 2.75) is 44.7 Å². The van der Waals surface area contributed by atoms with E-state index in [1.807, 2.05) is 12.1 Å². The van der Waals surface area contributed by atoms with Crippen molar-refractivity contribution in [3.05, 3.63) is 35.4 Å². The minimum atomic E-state index is -1.11. The Hall–Kier alpha value is -1.75. The molecule has 1 atom stereocenters. The molecule has 0 aliphatic heterocycles. The van der Waals surface area contributed by atoms with Crippen LogP contribution in [0.5, 0.6) is 0 Å². The second kappa shape index (κ2) is 7.31. The average Bonchev–Trinajstić information content (AvgIpc) is 2.36. The molecule has 0 spiro atoms. The van der Waals surface area contributed by atoms with Crippen LogP contribution in [0.2, 0.25) is 0 Å². The van der Waals surface area contributed by atoms with Crippen LogP contribution in [0.1, 0.15) is 31.9 Å². The molecule has 0 bridgehead atoms. The topological polar surface area (TPSA) is 75.6 Å². The van der Waals surface area contributed by atoms with Gasteiger partial charge in [-0.25, -0.2) is 9.59 Å². The van der Waals surface area contributed by atoms with Gasteiger partial charge in [0.1, 0.15) is 11.6 Å². The normalized spacial score (nSPS) is 12.6. The molecule has 1 amide bonds. The van der Waals surface area contributed by atoms with Gasteiger partial charge in [-0.1, -0.05) is 24.3 Å². The van der Waals surface area contributed by atoms with Crippen molar-refractivity contribution in [3.8, 4) is 0 Å². The van der Waals surface area contributed by atoms with Crippen molar-refractivity contribution in [2.75, 3.05) is 0 Å². The number of aliphatic carboxylic acids is 1. The smallest absolute Gasteiger partial charge is 0.408 e. The number of hydrogen-bond donors (Lipinski definition) is 2. The van der Waals surface area contributed by atoms with E-state index in [-0.39, 0.29) is 6.42 Å². The number of nitrogens with one attached hydrogen (secondary N) is 1. The van der Waals surface area contributed by atoms with E-state index in [1.165, 1.54) is 0 Å². The molecule has 1 rings (SSSR count). The van der Waals surface area contributed by atoms with Crippen LogP contribution < -0.4 is 5.32 Å². The number of carbonyl (C=O) groups excluding carboxylic acids is 1. The van der Waals surface area contributed by atoms with Gasteiger partial charge in [-0.15, -0.1) is 11.6 Å². The Balaban J connectivity index is 2.69. The summed E-state index contributed by atoms with van der Waals surface area (Å²) < 4.78 is 5.06. The molecule has 0 saturated heterocycles. The Morgan fingerprint density at radius 1 is 1.24 bits per heavy atom. The minimum Gasteiger partial charge on any atom is -0.480 e. The first-order valence-electron chi connectivity index (χ1n) is 6.57. The Morgan fingerprint density at radius 3 is 2.19 bits per heavy atom. The number of ether oxygens (including phenoxy) is 1. The van der Waals surface area contributed by atoms with E-state index >= 15 is 0 Å². The van der Waals surface area contributed by atoms with Gasteiger partial charge < -0.3 is 15.2 Å². The van der Waals surface area contributed by atoms with E-state index in [2.05, 4.69) is 5.32 Å². The Kier molecular flexibility index (Phi) is 6.03. The van der Waals surface area contributed by atoms with E-state index < -0.39 is 23.7 Å². The van der Waals surface area contributed by atoms with Crippen LogP contribution in [0.3, 0.4) is 0 Å². The molecule has 0 saturated carbocycles. The average molecular weight is 314 g/mol. The van der Waals surface area contributed by atoms with Crippen LogP contribution in [0.4, 0.5) is 4.79 Å². The van der Waals surface area contributed by atoms with Crippen LogP contribution in [0.25, 0.3) is 0 Å². The second-order valence-corrected chi connectivity index (χ2v) is 5.96. The van der Waals surface area contributed by atoms with Crippen LogP contribution in [-0.4, -0.2) is 28.8 Å². The number of alkyl halides is 1. The molecule has 1 aromatic carbocycles. The van der Waals surface area contributed by atoms with Gasteiger partial charge in [0, 0.05) is 12.3 Å². The molecule has 116 valence electrons. The van der Waals surface area contributed by atoms with Crippen LogP contribution in [0.15, 0.2) is 24.3 Å². The highest BCUT2D eigenvalue weighted by Gasteiger charge is 2.24. The van der Waals surface area contributed by atoms with Crippen molar-refractivity contribution < 1.29 is 19.4 Å². The maximum absolute atomic E-state index is 11.7. The summed E-state index contributed by atoms with van der Waals surface area (Å²) >= 11 is 5.70. The number of amides is 1. The summed E-state index contributed by atoms with van der Waals surface area (Å²) in [5, 5.41) is 11.6. The van der Waals surface area contributed by atoms with E-state index in [4.69, 9.17) is 16.3 Å². The van der Waals surface area contributed by atoms with E-state index in [1.54, 1.807) is 32.9 Å². The zero-order valence-corrected chi connectivity index (χ0v) is 13.1. The van der Waals surface area contributed by atoms with Gasteiger partial charge in [-0.05, 0) is 31.9 Å². The summed E-state index contributed by atoms with van der Waals surface area (Å²) in [6.45, 7) is 5.15. The molecule has 0 radical (unpaired) electrons. The summed E-state index contributed by atoms with van der Waals surface area (Å²) in [6, 6.07) is 6.21. The lowest BCUT2D eigenvalue weighted by Crippen LogP contribution is -2.44. The highest BCUT2D eigenvalue weighted by atomic mass is 35.5. The number of halogens is 1. The molecular weight excluding hydrogens is 294 g/mol. The fraction of sp³-hybridized carbons (Fsp3) is 0.467. The predicted octanol–water partition coefficient (Wildman–Crippen LogP) is 2.95. The summed E-state index contributed by atoms with van der Waals surface area (Å²) in [7, 11) is 0. The third kappa shape index (κ3) is 6.49. The van der Waals surface area contributed by atoms with Gasteiger partial charge in [-0.2, -0.15) is 0 Å². The number of carboxylic acids is 1. The third-order valence-electron chi connectivity index (χ3n) is 2.61. The van der Waals surface area contributed by atoms with Crippen molar-refractivity contribution >= 4 is 23.7 Å².